The maximum Gasteiger partial charge on any atom is 0.355 e. The van der Waals surface area contributed by atoms with Crippen molar-refractivity contribution in [2.75, 3.05) is 5.73 Å². The Bertz CT molecular complexity index is 883. The van der Waals surface area contributed by atoms with E-state index in [0.29, 0.717) is 0 Å². The molecular weight excluding hydrogens is 368 g/mol. The van der Waals surface area contributed by atoms with Gasteiger partial charge in [-0.25, -0.2) is 23.5 Å². The van der Waals surface area contributed by atoms with Crippen molar-refractivity contribution in [2.45, 2.75) is 19.6 Å². The van der Waals surface area contributed by atoms with E-state index < -0.39 is 30.7 Å². The Balaban J connectivity index is 2.67. The molecule has 2 aromatic rings. The molecule has 0 saturated heterocycles. The lowest BCUT2D eigenvalue weighted by atomic mass is 10.1. The number of carboxylic acid groups (broad SMARTS) is 1. The van der Waals surface area contributed by atoms with E-state index in [2.05, 4.69) is 29.6 Å². The molecule has 0 bridgehead atoms. The molecule has 0 aliphatic rings. The van der Waals surface area contributed by atoms with Gasteiger partial charge in [0.2, 0.25) is 0 Å². The van der Waals surface area contributed by atoms with Gasteiger partial charge in [0.05, 0.1) is 18.7 Å². The quantitative estimate of drug-likeness (QED) is 0.608. The molecule has 9 heteroatoms. The predicted octanol–water partition coefficient (Wildman–Crippen LogP) is 4.25. The fourth-order valence-electron chi connectivity index (χ4n) is 1.97. The van der Waals surface area contributed by atoms with Gasteiger partial charge in [0.25, 0.3) is 0 Å². The largest absolute Gasteiger partial charge is 0.476 e. The zero-order chi connectivity index (χ0) is 18.9. The van der Waals surface area contributed by atoms with Gasteiger partial charge in [0.15, 0.2) is 23.2 Å². The van der Waals surface area contributed by atoms with Gasteiger partial charge >= 0.3 is 5.97 Å². The second-order valence-corrected chi connectivity index (χ2v) is 11.9. The van der Waals surface area contributed by atoms with Crippen molar-refractivity contribution >= 4 is 37.5 Å². The number of benzene rings is 1. The van der Waals surface area contributed by atoms with Crippen molar-refractivity contribution in [1.29, 1.82) is 0 Å². The number of nitrogens with two attached hydrogens (primary N) is 1. The Labute approximate surface area is 149 Å². The van der Waals surface area contributed by atoms with E-state index in [0.717, 1.165) is 6.07 Å². The van der Waals surface area contributed by atoms with E-state index in [4.69, 9.17) is 17.3 Å². The second-order valence-electron chi connectivity index (χ2n) is 6.42. The van der Waals surface area contributed by atoms with Crippen molar-refractivity contribution in [3.63, 3.8) is 0 Å². The summed E-state index contributed by atoms with van der Waals surface area (Å²) in [6, 6.07) is 2.30. The second kappa shape index (κ2) is 6.89. The van der Waals surface area contributed by atoms with Crippen LogP contribution in [0.2, 0.25) is 24.7 Å². The molecule has 1 aromatic carbocycles. The summed E-state index contributed by atoms with van der Waals surface area (Å²) in [6.07, 6.45) is 1.56. The van der Waals surface area contributed by atoms with Crippen molar-refractivity contribution in [3.8, 4) is 11.4 Å². The lowest BCUT2D eigenvalue weighted by Gasteiger charge is -2.11. The summed E-state index contributed by atoms with van der Waals surface area (Å²) in [6.45, 7) is 6.17. The molecule has 5 nitrogen and oxygen atoms in total. The number of hydrogen-bond donors (Lipinski definition) is 2. The van der Waals surface area contributed by atoms with Crippen LogP contribution in [0.15, 0.2) is 17.8 Å². The van der Waals surface area contributed by atoms with Crippen LogP contribution in [0.25, 0.3) is 17.5 Å². The van der Waals surface area contributed by atoms with Crippen LogP contribution in [-0.4, -0.2) is 29.1 Å². The highest BCUT2D eigenvalue weighted by molar-refractivity contribution is 6.81. The first kappa shape index (κ1) is 19.0. The standard InChI is InChI=1S/C16H16ClF2N3O2Si/c1-25(2,3)7-6-9-13(16(23)24)21-15(22-14(9)20)8-4-5-10(17)12(19)11(8)18/h4-7H,1-3H3,(H,23,24)(H2,20,21,22)/b7-6+. The molecule has 0 atom stereocenters. The molecule has 0 radical (unpaired) electrons. The van der Waals surface area contributed by atoms with Gasteiger partial charge in [-0.1, -0.05) is 43.0 Å². The fourth-order valence-corrected chi connectivity index (χ4v) is 2.78. The van der Waals surface area contributed by atoms with Crippen LogP contribution in [0.1, 0.15) is 16.1 Å². The number of hydrogen-bond acceptors (Lipinski definition) is 4. The van der Waals surface area contributed by atoms with E-state index in [-0.39, 0.29) is 28.5 Å². The molecule has 0 aliphatic heterocycles. The number of rotatable bonds is 4. The first-order valence-electron chi connectivity index (χ1n) is 7.25. The maximum atomic E-state index is 14.1. The Morgan fingerprint density at radius 3 is 2.44 bits per heavy atom. The molecule has 0 unspecified atom stereocenters. The van der Waals surface area contributed by atoms with Crippen LogP contribution in [-0.2, 0) is 0 Å². The molecule has 1 heterocycles. The highest BCUT2D eigenvalue weighted by atomic mass is 35.5. The van der Waals surface area contributed by atoms with E-state index in [9.17, 15) is 18.7 Å². The normalized spacial score (nSPS) is 11.9. The Kier molecular flexibility index (Phi) is 5.24. The Morgan fingerprint density at radius 1 is 1.24 bits per heavy atom. The fraction of sp³-hybridized carbons (Fsp3) is 0.188. The monoisotopic (exact) mass is 383 g/mol. The number of carbonyl (C=O) groups is 1. The average Bonchev–Trinajstić information content (AvgIpc) is 2.50. The summed E-state index contributed by atoms with van der Waals surface area (Å²) in [5.41, 5.74) is 7.17. The minimum Gasteiger partial charge on any atom is -0.476 e. The summed E-state index contributed by atoms with van der Waals surface area (Å²) < 4.78 is 27.7. The summed E-state index contributed by atoms with van der Waals surface area (Å²) in [5, 5.41) is 9.00. The van der Waals surface area contributed by atoms with Crippen molar-refractivity contribution in [3.05, 3.63) is 45.7 Å². The summed E-state index contributed by atoms with van der Waals surface area (Å²) in [4.78, 5) is 19.3. The van der Waals surface area contributed by atoms with Crippen LogP contribution in [0.4, 0.5) is 14.6 Å². The highest BCUT2D eigenvalue weighted by Crippen LogP contribution is 2.28. The zero-order valence-electron chi connectivity index (χ0n) is 13.8. The molecule has 1 aromatic heterocycles. The van der Waals surface area contributed by atoms with Gasteiger partial charge in [0.1, 0.15) is 5.82 Å². The maximum absolute atomic E-state index is 14.1. The third kappa shape index (κ3) is 4.20. The van der Waals surface area contributed by atoms with Crippen LogP contribution >= 0.6 is 11.6 Å². The molecule has 0 saturated carbocycles. The van der Waals surface area contributed by atoms with Gasteiger partial charge in [0, 0.05) is 5.56 Å². The van der Waals surface area contributed by atoms with Gasteiger partial charge in [-0.3, -0.25) is 0 Å². The van der Waals surface area contributed by atoms with E-state index in [1.807, 2.05) is 5.70 Å². The molecule has 0 amide bonds. The van der Waals surface area contributed by atoms with E-state index in [1.165, 1.54) is 6.07 Å². The number of carboxylic acids is 1. The summed E-state index contributed by atoms with van der Waals surface area (Å²) >= 11 is 5.52. The molecule has 3 N–H and O–H groups in total. The molecule has 2 rings (SSSR count). The predicted molar refractivity (Wildman–Crippen MR) is 96.1 cm³/mol. The average molecular weight is 384 g/mol. The zero-order valence-corrected chi connectivity index (χ0v) is 15.5. The number of nitrogen functional groups attached to an aromatic ring is 1. The molecule has 0 fully saturated rings. The smallest absolute Gasteiger partial charge is 0.355 e. The molecule has 0 aliphatic carbocycles. The number of aromatic carboxylic acids is 1. The van der Waals surface area contributed by atoms with Gasteiger partial charge in [-0.15, -0.1) is 0 Å². The summed E-state index contributed by atoms with van der Waals surface area (Å²) in [5.74, 6) is -4.34. The number of halogens is 3. The topological polar surface area (TPSA) is 89.1 Å². The lowest BCUT2D eigenvalue weighted by Crippen LogP contribution is -2.16. The van der Waals surface area contributed by atoms with Crippen molar-refractivity contribution in [1.82, 2.24) is 9.97 Å². The first-order valence-corrected chi connectivity index (χ1v) is 11.2. The van der Waals surface area contributed by atoms with E-state index in [1.54, 1.807) is 6.08 Å². The number of anilines is 1. The van der Waals surface area contributed by atoms with Crippen molar-refractivity contribution in [2.24, 2.45) is 0 Å². The summed E-state index contributed by atoms with van der Waals surface area (Å²) in [7, 11) is -1.63. The van der Waals surface area contributed by atoms with Crippen molar-refractivity contribution < 1.29 is 18.7 Å². The van der Waals surface area contributed by atoms with Gasteiger partial charge in [-0.05, 0) is 12.1 Å². The van der Waals surface area contributed by atoms with Crippen LogP contribution < -0.4 is 5.73 Å². The molecule has 0 spiro atoms. The molecule has 132 valence electrons. The minimum atomic E-state index is -1.63. The van der Waals surface area contributed by atoms with E-state index >= 15 is 0 Å². The van der Waals surface area contributed by atoms with Crippen LogP contribution in [0.5, 0.6) is 0 Å². The number of aromatic nitrogens is 2. The third-order valence-corrected chi connectivity index (χ3v) is 4.66. The highest BCUT2D eigenvalue weighted by Gasteiger charge is 2.21. The SMILES string of the molecule is C[Si](C)(C)/C=C/c1c(N)nc(-c2ccc(Cl)c(F)c2F)nc1C(=O)O. The number of nitrogens with zero attached hydrogens (tertiary/aromatic N) is 2. The molecule has 25 heavy (non-hydrogen) atoms. The Morgan fingerprint density at radius 2 is 1.88 bits per heavy atom. The first-order chi connectivity index (χ1) is 11.5. The third-order valence-electron chi connectivity index (χ3n) is 3.20. The van der Waals surface area contributed by atoms with Gasteiger partial charge < -0.3 is 10.8 Å². The Hall–Kier alpha value is -2.32. The van der Waals surface area contributed by atoms with Crippen LogP contribution in [0.3, 0.4) is 0 Å². The van der Waals surface area contributed by atoms with Gasteiger partial charge in [-0.2, -0.15) is 0 Å². The molecular formula is C16H16ClF2N3O2Si. The minimum absolute atomic E-state index is 0.133. The lowest BCUT2D eigenvalue weighted by molar-refractivity contribution is 0.0690. The van der Waals surface area contributed by atoms with Crippen LogP contribution in [0, 0.1) is 11.6 Å².